The molecule has 0 bridgehead atoms. The van der Waals surface area contributed by atoms with Crippen LogP contribution in [0, 0.1) is 0 Å². The highest BCUT2D eigenvalue weighted by Gasteiger charge is 2.34. The Morgan fingerprint density at radius 2 is 1.88 bits per heavy atom. The lowest BCUT2D eigenvalue weighted by atomic mass is 9.90. The molecule has 1 aliphatic rings. The van der Waals surface area contributed by atoms with E-state index in [1.165, 1.54) is 6.07 Å². The van der Waals surface area contributed by atoms with Gasteiger partial charge in [-0.15, -0.1) is 0 Å². The third-order valence-electron chi connectivity index (χ3n) is 4.13. The fraction of sp³-hybridized carbons (Fsp3) is 0.316. The van der Waals surface area contributed by atoms with Crippen LogP contribution in [0.15, 0.2) is 48.5 Å². The van der Waals surface area contributed by atoms with Crippen molar-refractivity contribution < 1.29 is 17.9 Å². The number of hydrogen-bond donors (Lipinski definition) is 2. The molecule has 7 heteroatoms. The van der Waals surface area contributed by atoms with Crippen LogP contribution in [-0.2, 0) is 6.18 Å². The summed E-state index contributed by atoms with van der Waals surface area (Å²) in [4.78, 5) is 0. The van der Waals surface area contributed by atoms with Crippen molar-refractivity contribution in [2.45, 2.75) is 38.1 Å². The molecule has 138 valence electrons. The molecule has 1 aliphatic heterocycles. The average molecular weight is 380 g/mol. The van der Waals surface area contributed by atoms with E-state index in [0.717, 1.165) is 23.4 Å². The monoisotopic (exact) mass is 380 g/mol. The predicted octanol–water partition coefficient (Wildman–Crippen LogP) is 5.29. The van der Waals surface area contributed by atoms with Gasteiger partial charge in [0.2, 0.25) is 0 Å². The number of rotatable bonds is 2. The molecule has 0 fully saturated rings. The Morgan fingerprint density at radius 3 is 2.62 bits per heavy atom. The summed E-state index contributed by atoms with van der Waals surface area (Å²) in [6, 6.07) is 12.5. The molecular weight excluding hydrogens is 361 g/mol. The summed E-state index contributed by atoms with van der Waals surface area (Å²) in [6.45, 7) is 3.97. The molecule has 0 radical (unpaired) electrons. The molecule has 0 saturated heterocycles. The van der Waals surface area contributed by atoms with Gasteiger partial charge in [-0.1, -0.05) is 24.3 Å². The quantitative estimate of drug-likeness (QED) is 0.693. The lowest BCUT2D eigenvalue weighted by Crippen LogP contribution is -2.42. The minimum atomic E-state index is -4.39. The van der Waals surface area contributed by atoms with Gasteiger partial charge in [0.25, 0.3) is 0 Å². The van der Waals surface area contributed by atoms with Crippen LogP contribution in [0.2, 0.25) is 0 Å². The summed E-state index contributed by atoms with van der Waals surface area (Å²) in [5.41, 5.74) is 0.164. The fourth-order valence-electron chi connectivity index (χ4n) is 3.03. The van der Waals surface area contributed by atoms with Crippen LogP contribution in [0.1, 0.15) is 37.4 Å². The molecular formula is C19H19F3N2OS. The number of benzene rings is 2. The van der Waals surface area contributed by atoms with E-state index >= 15 is 0 Å². The first-order chi connectivity index (χ1) is 12.1. The summed E-state index contributed by atoms with van der Waals surface area (Å²) in [6.07, 6.45) is -3.72. The van der Waals surface area contributed by atoms with Gasteiger partial charge in [0.1, 0.15) is 11.4 Å². The molecule has 2 N–H and O–H groups in total. The first-order valence-corrected chi connectivity index (χ1v) is 8.58. The maximum atomic E-state index is 12.8. The number of halogens is 3. The Kier molecular flexibility index (Phi) is 4.84. The number of anilines is 1. The van der Waals surface area contributed by atoms with E-state index in [2.05, 4.69) is 10.6 Å². The van der Waals surface area contributed by atoms with E-state index in [1.54, 1.807) is 6.07 Å². The third kappa shape index (κ3) is 4.27. The highest BCUT2D eigenvalue weighted by atomic mass is 32.1. The summed E-state index contributed by atoms with van der Waals surface area (Å²) < 4.78 is 44.5. The first-order valence-electron chi connectivity index (χ1n) is 8.17. The van der Waals surface area contributed by atoms with Crippen molar-refractivity contribution in [3.05, 3.63) is 59.7 Å². The molecule has 3 nitrogen and oxygen atoms in total. The van der Waals surface area contributed by atoms with Crippen molar-refractivity contribution in [2.75, 3.05) is 5.32 Å². The van der Waals surface area contributed by atoms with E-state index in [0.29, 0.717) is 6.42 Å². The highest BCUT2D eigenvalue weighted by molar-refractivity contribution is 7.80. The molecule has 0 aliphatic carbocycles. The second kappa shape index (κ2) is 6.79. The van der Waals surface area contributed by atoms with E-state index in [1.807, 2.05) is 38.1 Å². The Labute approximate surface area is 155 Å². The SMILES string of the molecule is CC1(C)C[C@H](NC(=S)Nc2cccc(C(F)(F)F)c2)c2ccccc2O1. The number of thiocarbonyl (C=S) groups is 1. The number of ether oxygens (including phenoxy) is 1. The smallest absolute Gasteiger partial charge is 0.416 e. The van der Waals surface area contributed by atoms with Gasteiger partial charge >= 0.3 is 6.18 Å². The molecule has 2 aromatic carbocycles. The van der Waals surface area contributed by atoms with E-state index < -0.39 is 11.7 Å². The van der Waals surface area contributed by atoms with Gasteiger partial charge in [-0.25, -0.2) is 0 Å². The van der Waals surface area contributed by atoms with Crippen molar-refractivity contribution in [1.29, 1.82) is 0 Å². The van der Waals surface area contributed by atoms with Crippen LogP contribution in [0.5, 0.6) is 5.75 Å². The van der Waals surface area contributed by atoms with Crippen LogP contribution >= 0.6 is 12.2 Å². The number of alkyl halides is 3. The molecule has 3 rings (SSSR count). The van der Waals surface area contributed by atoms with Gasteiger partial charge in [0.15, 0.2) is 5.11 Å². The van der Waals surface area contributed by atoms with E-state index in [4.69, 9.17) is 17.0 Å². The van der Waals surface area contributed by atoms with Crippen LogP contribution in [0.3, 0.4) is 0 Å². The minimum Gasteiger partial charge on any atom is -0.487 e. The summed E-state index contributed by atoms with van der Waals surface area (Å²) in [5.74, 6) is 0.781. The Morgan fingerprint density at radius 1 is 1.15 bits per heavy atom. The zero-order chi connectivity index (χ0) is 18.9. The standard InChI is InChI=1S/C19H19F3N2OS/c1-18(2)11-15(14-8-3-4-9-16(14)25-18)24-17(26)23-13-7-5-6-12(10-13)19(20,21)22/h3-10,15H,11H2,1-2H3,(H2,23,24,26)/t15-/m0/s1. The van der Waals surface area contributed by atoms with Gasteiger partial charge in [-0.05, 0) is 50.3 Å². The maximum Gasteiger partial charge on any atom is 0.416 e. The van der Waals surface area contributed by atoms with Gasteiger partial charge in [0.05, 0.1) is 11.6 Å². The van der Waals surface area contributed by atoms with Crippen molar-refractivity contribution in [1.82, 2.24) is 5.32 Å². The summed E-state index contributed by atoms with van der Waals surface area (Å²) >= 11 is 5.31. The van der Waals surface area contributed by atoms with Gasteiger partial charge in [-0.3, -0.25) is 0 Å². The Bertz CT molecular complexity index is 820. The Balaban J connectivity index is 1.75. The molecule has 1 atom stereocenters. The largest absolute Gasteiger partial charge is 0.487 e. The third-order valence-corrected chi connectivity index (χ3v) is 4.35. The molecule has 26 heavy (non-hydrogen) atoms. The molecule has 0 amide bonds. The minimum absolute atomic E-state index is 0.0965. The zero-order valence-electron chi connectivity index (χ0n) is 14.4. The molecule has 0 unspecified atom stereocenters. The number of hydrogen-bond acceptors (Lipinski definition) is 2. The van der Waals surface area contributed by atoms with E-state index in [9.17, 15) is 13.2 Å². The zero-order valence-corrected chi connectivity index (χ0v) is 15.2. The molecule has 2 aromatic rings. The molecule has 0 saturated carbocycles. The van der Waals surface area contributed by atoms with Crippen LogP contribution < -0.4 is 15.4 Å². The predicted molar refractivity (Wildman–Crippen MR) is 99.3 cm³/mol. The maximum absolute atomic E-state index is 12.8. The van der Waals surface area contributed by atoms with Crippen molar-refractivity contribution >= 4 is 23.0 Å². The van der Waals surface area contributed by atoms with Gasteiger partial charge < -0.3 is 15.4 Å². The van der Waals surface area contributed by atoms with Gasteiger partial charge in [-0.2, -0.15) is 13.2 Å². The number of nitrogens with one attached hydrogen (secondary N) is 2. The lowest BCUT2D eigenvalue weighted by molar-refractivity contribution is -0.137. The number of para-hydroxylation sites is 1. The second-order valence-electron chi connectivity index (χ2n) is 6.83. The van der Waals surface area contributed by atoms with E-state index in [-0.39, 0.29) is 22.4 Å². The van der Waals surface area contributed by atoms with Crippen LogP contribution in [-0.4, -0.2) is 10.7 Å². The summed E-state index contributed by atoms with van der Waals surface area (Å²) in [7, 11) is 0. The average Bonchev–Trinajstić information content (AvgIpc) is 2.53. The normalized spacial score (nSPS) is 18.4. The Hall–Kier alpha value is -2.28. The van der Waals surface area contributed by atoms with Crippen molar-refractivity contribution in [3.8, 4) is 5.75 Å². The van der Waals surface area contributed by atoms with Crippen LogP contribution in [0.25, 0.3) is 0 Å². The first kappa shape index (κ1) is 18.5. The van der Waals surface area contributed by atoms with Crippen LogP contribution in [0.4, 0.5) is 18.9 Å². The molecule has 0 aromatic heterocycles. The summed E-state index contributed by atoms with van der Waals surface area (Å²) in [5, 5.41) is 6.30. The topological polar surface area (TPSA) is 33.3 Å². The lowest BCUT2D eigenvalue weighted by Gasteiger charge is -2.38. The molecule has 0 spiro atoms. The second-order valence-corrected chi connectivity index (χ2v) is 7.24. The molecule has 1 heterocycles. The highest BCUT2D eigenvalue weighted by Crippen LogP contribution is 2.39. The van der Waals surface area contributed by atoms with Crippen molar-refractivity contribution in [2.24, 2.45) is 0 Å². The van der Waals surface area contributed by atoms with Crippen molar-refractivity contribution in [3.63, 3.8) is 0 Å². The fourth-order valence-corrected chi connectivity index (χ4v) is 3.29. The van der Waals surface area contributed by atoms with Gasteiger partial charge in [0, 0.05) is 17.7 Å². The number of fused-ring (bicyclic) bond motifs is 1.